The van der Waals surface area contributed by atoms with Crippen LogP contribution in [0.3, 0.4) is 0 Å². The zero-order valence-corrected chi connectivity index (χ0v) is 15.9. The van der Waals surface area contributed by atoms with Gasteiger partial charge in [-0.1, -0.05) is 18.2 Å². The van der Waals surface area contributed by atoms with Crippen LogP contribution in [-0.4, -0.2) is 23.2 Å². The molecule has 2 heterocycles. The zero-order chi connectivity index (χ0) is 19.0. The van der Waals surface area contributed by atoms with Gasteiger partial charge in [0.05, 0.1) is 12.2 Å². The van der Waals surface area contributed by atoms with Crippen molar-refractivity contribution in [3.05, 3.63) is 59.3 Å². The van der Waals surface area contributed by atoms with Crippen LogP contribution in [0.1, 0.15) is 35.3 Å². The molecule has 140 valence electrons. The predicted molar refractivity (Wildman–Crippen MR) is 105 cm³/mol. The normalized spacial score (nSPS) is 15.4. The molecule has 5 heteroatoms. The van der Waals surface area contributed by atoms with E-state index in [1.54, 1.807) is 0 Å². The van der Waals surface area contributed by atoms with Gasteiger partial charge in [-0.2, -0.15) is 0 Å². The number of fused-ring (bicyclic) bond motifs is 2. The average Bonchev–Trinajstić information content (AvgIpc) is 3.19. The quantitative estimate of drug-likeness (QED) is 0.749. The Labute approximate surface area is 158 Å². The van der Waals surface area contributed by atoms with E-state index < -0.39 is 0 Å². The first-order valence-electron chi connectivity index (χ1n) is 9.34. The van der Waals surface area contributed by atoms with Crippen molar-refractivity contribution in [2.75, 3.05) is 6.61 Å². The largest absolute Gasteiger partial charge is 0.494 e. The molecule has 1 amide bonds. The molecule has 0 radical (unpaired) electrons. The Morgan fingerprint density at radius 3 is 2.96 bits per heavy atom. The fourth-order valence-electron chi connectivity index (χ4n) is 3.70. The van der Waals surface area contributed by atoms with Gasteiger partial charge in [-0.05, 0) is 32.0 Å². The van der Waals surface area contributed by atoms with Crippen LogP contribution in [0.2, 0.25) is 0 Å². The van der Waals surface area contributed by atoms with Gasteiger partial charge in [-0.3, -0.25) is 4.79 Å². The van der Waals surface area contributed by atoms with Crippen LogP contribution in [0, 0.1) is 0 Å². The van der Waals surface area contributed by atoms with Crippen LogP contribution in [0.5, 0.6) is 11.5 Å². The minimum Gasteiger partial charge on any atom is -0.494 e. The minimum absolute atomic E-state index is 0.0935. The number of ether oxygens (including phenoxy) is 2. The summed E-state index contributed by atoms with van der Waals surface area (Å²) >= 11 is 0. The lowest BCUT2D eigenvalue weighted by Gasteiger charge is -2.13. The maximum atomic E-state index is 12.8. The lowest BCUT2D eigenvalue weighted by molar-refractivity contribution is 0.0952. The van der Waals surface area contributed by atoms with Gasteiger partial charge in [0, 0.05) is 48.2 Å². The molecule has 0 spiro atoms. The molecule has 2 aromatic carbocycles. The highest BCUT2D eigenvalue weighted by Gasteiger charge is 2.22. The van der Waals surface area contributed by atoms with Crippen molar-refractivity contribution >= 4 is 16.8 Å². The maximum absolute atomic E-state index is 12.8. The summed E-state index contributed by atoms with van der Waals surface area (Å²) in [4.78, 5) is 12.8. The lowest BCUT2D eigenvalue weighted by Crippen LogP contribution is -2.23. The summed E-state index contributed by atoms with van der Waals surface area (Å²) in [5.41, 5.74) is 3.81. The van der Waals surface area contributed by atoms with E-state index in [1.807, 2.05) is 61.1 Å². The predicted octanol–water partition coefficient (Wildman–Crippen LogP) is 3.83. The van der Waals surface area contributed by atoms with E-state index in [2.05, 4.69) is 12.2 Å². The van der Waals surface area contributed by atoms with Crippen molar-refractivity contribution in [3.63, 3.8) is 0 Å². The topological polar surface area (TPSA) is 52.5 Å². The van der Waals surface area contributed by atoms with Crippen LogP contribution < -0.4 is 14.8 Å². The monoisotopic (exact) mass is 364 g/mol. The van der Waals surface area contributed by atoms with Gasteiger partial charge in [-0.15, -0.1) is 0 Å². The molecular formula is C22H24N2O3. The van der Waals surface area contributed by atoms with E-state index in [1.165, 1.54) is 0 Å². The number of benzene rings is 2. The van der Waals surface area contributed by atoms with Gasteiger partial charge >= 0.3 is 0 Å². The van der Waals surface area contributed by atoms with E-state index in [0.29, 0.717) is 18.7 Å². The molecule has 0 fully saturated rings. The van der Waals surface area contributed by atoms with Crippen LogP contribution in [0.25, 0.3) is 10.9 Å². The number of nitrogens with zero attached hydrogens (tertiary/aromatic N) is 1. The summed E-state index contributed by atoms with van der Waals surface area (Å²) in [5.74, 6) is 1.61. The number of carbonyl (C=O) groups is 1. The van der Waals surface area contributed by atoms with Gasteiger partial charge in [0.25, 0.3) is 5.91 Å². The van der Waals surface area contributed by atoms with Crippen molar-refractivity contribution in [2.24, 2.45) is 7.05 Å². The second kappa shape index (κ2) is 6.99. The van der Waals surface area contributed by atoms with Crippen LogP contribution in [-0.2, 0) is 20.0 Å². The van der Waals surface area contributed by atoms with Crippen LogP contribution >= 0.6 is 0 Å². The standard InChI is InChI=1S/C22H24N2O3/c1-4-26-20-10-15-9-14(2)27-21(15)11-16(20)12-23-22(25)18-13-24(3)19-8-6-5-7-17(18)19/h5-8,10-11,13-14H,4,9,12H2,1-3H3,(H,23,25)/t14-/m0/s1. The zero-order valence-electron chi connectivity index (χ0n) is 15.9. The molecule has 0 saturated carbocycles. The third-order valence-electron chi connectivity index (χ3n) is 4.96. The molecule has 1 aliphatic heterocycles. The number of rotatable bonds is 5. The Kier molecular flexibility index (Phi) is 4.52. The van der Waals surface area contributed by atoms with Gasteiger partial charge in [-0.25, -0.2) is 0 Å². The van der Waals surface area contributed by atoms with E-state index in [9.17, 15) is 4.79 Å². The highest BCUT2D eigenvalue weighted by atomic mass is 16.5. The van der Waals surface area contributed by atoms with Crippen LogP contribution in [0.15, 0.2) is 42.6 Å². The van der Waals surface area contributed by atoms with E-state index in [4.69, 9.17) is 9.47 Å². The first kappa shape index (κ1) is 17.5. The second-order valence-corrected chi connectivity index (χ2v) is 6.99. The number of aromatic nitrogens is 1. The number of aryl methyl sites for hydroxylation is 1. The third kappa shape index (κ3) is 3.25. The van der Waals surface area contributed by atoms with Crippen molar-refractivity contribution in [3.8, 4) is 11.5 Å². The molecule has 0 saturated heterocycles. The van der Waals surface area contributed by atoms with E-state index >= 15 is 0 Å². The van der Waals surface area contributed by atoms with Gasteiger partial charge in [0.2, 0.25) is 0 Å². The number of hydrogen-bond acceptors (Lipinski definition) is 3. The van der Waals surface area contributed by atoms with Gasteiger partial charge in [0.1, 0.15) is 17.6 Å². The summed E-state index contributed by atoms with van der Waals surface area (Å²) < 4.78 is 13.6. The molecule has 5 nitrogen and oxygen atoms in total. The first-order valence-corrected chi connectivity index (χ1v) is 9.34. The Bertz CT molecular complexity index is 1010. The number of para-hydroxylation sites is 1. The SMILES string of the molecule is CCOc1cc2c(cc1CNC(=O)c1cn(C)c3ccccc13)O[C@@H](C)C2. The first-order chi connectivity index (χ1) is 13.1. The minimum atomic E-state index is -0.0935. The Balaban J connectivity index is 1.57. The maximum Gasteiger partial charge on any atom is 0.253 e. The number of carbonyl (C=O) groups excluding carboxylic acids is 1. The summed E-state index contributed by atoms with van der Waals surface area (Å²) in [5, 5.41) is 3.99. The molecule has 1 aliphatic rings. The van der Waals surface area contributed by atoms with Crippen molar-refractivity contribution in [1.29, 1.82) is 0 Å². The summed E-state index contributed by atoms with van der Waals surface area (Å²) in [6, 6.07) is 11.9. The Morgan fingerprint density at radius 1 is 1.33 bits per heavy atom. The molecule has 0 bridgehead atoms. The molecule has 1 aromatic heterocycles. The molecule has 3 aromatic rings. The summed E-state index contributed by atoms with van der Waals surface area (Å²) in [6.45, 7) is 5.00. The number of nitrogens with one attached hydrogen (secondary N) is 1. The molecular weight excluding hydrogens is 340 g/mol. The molecule has 4 rings (SSSR count). The molecule has 27 heavy (non-hydrogen) atoms. The molecule has 0 unspecified atom stereocenters. The fraction of sp³-hybridized carbons (Fsp3) is 0.318. The highest BCUT2D eigenvalue weighted by Crippen LogP contribution is 2.35. The average molecular weight is 364 g/mol. The lowest BCUT2D eigenvalue weighted by atomic mass is 10.1. The molecule has 1 atom stereocenters. The fourth-order valence-corrected chi connectivity index (χ4v) is 3.70. The second-order valence-electron chi connectivity index (χ2n) is 6.99. The Hall–Kier alpha value is -2.95. The summed E-state index contributed by atoms with van der Waals surface area (Å²) in [7, 11) is 1.95. The highest BCUT2D eigenvalue weighted by molar-refractivity contribution is 6.06. The number of hydrogen-bond donors (Lipinski definition) is 1. The summed E-state index contributed by atoms with van der Waals surface area (Å²) in [6.07, 6.45) is 2.93. The van der Waals surface area contributed by atoms with Gasteiger partial charge in [0.15, 0.2) is 0 Å². The third-order valence-corrected chi connectivity index (χ3v) is 4.96. The van der Waals surface area contributed by atoms with Crippen molar-refractivity contribution in [2.45, 2.75) is 32.9 Å². The Morgan fingerprint density at radius 2 is 2.15 bits per heavy atom. The number of amides is 1. The molecule has 1 N–H and O–H groups in total. The van der Waals surface area contributed by atoms with Crippen LogP contribution in [0.4, 0.5) is 0 Å². The van der Waals surface area contributed by atoms with E-state index in [0.717, 1.165) is 39.9 Å². The van der Waals surface area contributed by atoms with Gasteiger partial charge < -0.3 is 19.4 Å². The molecule has 0 aliphatic carbocycles. The van der Waals surface area contributed by atoms with Crippen molar-refractivity contribution < 1.29 is 14.3 Å². The van der Waals surface area contributed by atoms with Crippen molar-refractivity contribution in [1.82, 2.24) is 9.88 Å². The van der Waals surface area contributed by atoms with E-state index in [-0.39, 0.29) is 12.0 Å². The smallest absolute Gasteiger partial charge is 0.253 e.